The highest BCUT2D eigenvalue weighted by molar-refractivity contribution is 5.79. The molecule has 3 aromatic carbocycles. The van der Waals surface area contributed by atoms with Gasteiger partial charge in [0.05, 0.1) is 11.0 Å². The summed E-state index contributed by atoms with van der Waals surface area (Å²) in [7, 11) is 0. The summed E-state index contributed by atoms with van der Waals surface area (Å²) in [5, 5.41) is 14.5. The second-order valence-electron chi connectivity index (χ2n) is 8.49. The number of aromatic nitrogens is 6. The van der Waals surface area contributed by atoms with Gasteiger partial charge in [0, 0.05) is 19.4 Å². The van der Waals surface area contributed by atoms with E-state index in [-0.39, 0.29) is 0 Å². The number of imidazole rings is 1. The van der Waals surface area contributed by atoms with E-state index in [0.29, 0.717) is 0 Å². The van der Waals surface area contributed by atoms with Gasteiger partial charge >= 0.3 is 0 Å². The summed E-state index contributed by atoms with van der Waals surface area (Å²) in [4.78, 5) is 4.99. The van der Waals surface area contributed by atoms with Crippen molar-refractivity contribution in [1.82, 2.24) is 30.2 Å². The molecule has 33 heavy (non-hydrogen) atoms. The van der Waals surface area contributed by atoms with Gasteiger partial charge in [-0.15, -0.1) is 10.2 Å². The molecule has 0 radical (unpaired) electrons. The van der Waals surface area contributed by atoms with E-state index in [0.717, 1.165) is 49.4 Å². The van der Waals surface area contributed by atoms with E-state index in [1.165, 1.54) is 33.3 Å². The Kier molecular flexibility index (Phi) is 5.98. The van der Waals surface area contributed by atoms with Crippen LogP contribution >= 0.6 is 0 Å². The maximum atomic E-state index is 4.99. The Hall–Kier alpha value is -3.80. The second kappa shape index (κ2) is 9.36. The fourth-order valence-electron chi connectivity index (χ4n) is 4.50. The molecule has 0 bridgehead atoms. The van der Waals surface area contributed by atoms with Gasteiger partial charge in [-0.25, -0.2) is 4.98 Å². The minimum absolute atomic E-state index is 0.737. The maximum Gasteiger partial charge on any atom is 0.174 e. The zero-order chi connectivity index (χ0) is 22.6. The SMILES string of the molecule is CCCc1nc2c(C)cccc2n1Cc1ccc(-c2ccccc2)c(CCc2nn[nH]n2)c1. The molecule has 6 heteroatoms. The number of nitrogens with one attached hydrogen (secondary N) is 1. The summed E-state index contributed by atoms with van der Waals surface area (Å²) in [6.07, 6.45) is 3.64. The fourth-order valence-corrected chi connectivity index (χ4v) is 4.50. The summed E-state index contributed by atoms with van der Waals surface area (Å²) in [5.41, 5.74) is 8.59. The summed E-state index contributed by atoms with van der Waals surface area (Å²) in [6, 6.07) is 23.8. The van der Waals surface area contributed by atoms with Crippen LogP contribution in [-0.2, 0) is 25.8 Å². The predicted molar refractivity (Wildman–Crippen MR) is 131 cm³/mol. The first-order valence-corrected chi connectivity index (χ1v) is 11.6. The van der Waals surface area contributed by atoms with Crippen molar-refractivity contribution in [1.29, 1.82) is 0 Å². The first-order chi connectivity index (χ1) is 16.2. The molecule has 166 valence electrons. The molecule has 0 aliphatic heterocycles. The van der Waals surface area contributed by atoms with Crippen LogP contribution in [0.1, 0.15) is 41.7 Å². The molecule has 0 saturated heterocycles. The van der Waals surface area contributed by atoms with E-state index in [2.05, 4.69) is 106 Å². The zero-order valence-corrected chi connectivity index (χ0v) is 19.1. The minimum Gasteiger partial charge on any atom is -0.323 e. The number of hydrogen-bond acceptors (Lipinski definition) is 4. The smallest absolute Gasteiger partial charge is 0.174 e. The molecule has 0 saturated carbocycles. The van der Waals surface area contributed by atoms with Gasteiger partial charge in [-0.05, 0) is 53.6 Å². The van der Waals surface area contributed by atoms with Crippen LogP contribution < -0.4 is 0 Å². The van der Waals surface area contributed by atoms with Crippen LogP contribution in [0.5, 0.6) is 0 Å². The van der Waals surface area contributed by atoms with Crippen LogP contribution in [0.3, 0.4) is 0 Å². The normalized spacial score (nSPS) is 11.3. The Morgan fingerprint density at radius 2 is 1.79 bits per heavy atom. The van der Waals surface area contributed by atoms with Gasteiger partial charge in [-0.1, -0.05) is 72.8 Å². The summed E-state index contributed by atoms with van der Waals surface area (Å²) < 4.78 is 2.38. The third-order valence-corrected chi connectivity index (χ3v) is 6.14. The number of aromatic amines is 1. The van der Waals surface area contributed by atoms with Crippen LogP contribution in [0.25, 0.3) is 22.2 Å². The average molecular weight is 437 g/mol. The molecule has 1 N–H and O–H groups in total. The van der Waals surface area contributed by atoms with Gasteiger partial charge in [0.2, 0.25) is 0 Å². The maximum absolute atomic E-state index is 4.99. The van der Waals surface area contributed by atoms with Crippen LogP contribution in [0.4, 0.5) is 0 Å². The van der Waals surface area contributed by atoms with Crippen LogP contribution in [0, 0.1) is 6.92 Å². The average Bonchev–Trinajstić information content (AvgIpc) is 3.48. The summed E-state index contributed by atoms with van der Waals surface area (Å²) in [5.74, 6) is 1.89. The van der Waals surface area contributed by atoms with E-state index < -0.39 is 0 Å². The number of benzene rings is 3. The molecule has 6 nitrogen and oxygen atoms in total. The van der Waals surface area contributed by atoms with E-state index in [1.807, 2.05) is 0 Å². The van der Waals surface area contributed by atoms with Gasteiger partial charge in [0.1, 0.15) is 5.82 Å². The lowest BCUT2D eigenvalue weighted by atomic mass is 9.94. The largest absolute Gasteiger partial charge is 0.323 e. The van der Waals surface area contributed by atoms with Crippen LogP contribution in [0.2, 0.25) is 0 Å². The number of para-hydroxylation sites is 1. The van der Waals surface area contributed by atoms with Crippen molar-refractivity contribution in [2.45, 2.75) is 46.1 Å². The van der Waals surface area contributed by atoms with Crippen molar-refractivity contribution < 1.29 is 0 Å². The standard InChI is InChI=1S/C27H28N6/c1-3-8-26-28-27-19(2)9-7-12-24(27)33(26)18-20-13-15-23(21-10-5-4-6-11-21)22(17-20)14-16-25-29-31-32-30-25/h4-7,9-13,15,17H,3,8,14,16,18H2,1-2H3,(H,29,30,31,32). The summed E-state index contributed by atoms with van der Waals surface area (Å²) in [6.45, 7) is 5.15. The number of nitrogens with zero attached hydrogens (tertiary/aromatic N) is 5. The molecule has 0 spiro atoms. The first-order valence-electron chi connectivity index (χ1n) is 11.6. The van der Waals surface area contributed by atoms with Crippen molar-refractivity contribution in [3.8, 4) is 11.1 Å². The highest BCUT2D eigenvalue weighted by Crippen LogP contribution is 2.28. The van der Waals surface area contributed by atoms with Crippen LogP contribution in [0.15, 0.2) is 66.7 Å². The quantitative estimate of drug-likeness (QED) is 0.358. The molecule has 0 amide bonds. The number of hydrogen-bond donors (Lipinski definition) is 1. The van der Waals surface area contributed by atoms with Gasteiger partial charge in [0.25, 0.3) is 0 Å². The number of H-pyrrole nitrogens is 1. The predicted octanol–water partition coefficient (Wildman–Crippen LogP) is 5.31. The minimum atomic E-state index is 0.737. The van der Waals surface area contributed by atoms with Gasteiger partial charge in [0.15, 0.2) is 5.82 Å². The third kappa shape index (κ3) is 4.42. The third-order valence-electron chi connectivity index (χ3n) is 6.14. The lowest BCUT2D eigenvalue weighted by Crippen LogP contribution is -2.06. The lowest BCUT2D eigenvalue weighted by Gasteiger charge is -2.14. The molecule has 5 rings (SSSR count). The lowest BCUT2D eigenvalue weighted by molar-refractivity contribution is 0.721. The number of tetrazole rings is 1. The molecule has 0 unspecified atom stereocenters. The van der Waals surface area contributed by atoms with Gasteiger partial charge in [-0.3, -0.25) is 0 Å². The van der Waals surface area contributed by atoms with Crippen molar-refractivity contribution >= 4 is 11.0 Å². The Balaban J connectivity index is 1.53. The Bertz CT molecular complexity index is 1350. The number of fused-ring (bicyclic) bond motifs is 1. The molecular weight excluding hydrogens is 408 g/mol. The van der Waals surface area contributed by atoms with Gasteiger partial charge < -0.3 is 4.57 Å². The Morgan fingerprint density at radius 1 is 0.909 bits per heavy atom. The summed E-state index contributed by atoms with van der Waals surface area (Å²) >= 11 is 0. The van der Waals surface area contributed by atoms with Crippen molar-refractivity contribution in [2.75, 3.05) is 0 Å². The molecule has 5 aromatic rings. The number of rotatable bonds is 8. The van der Waals surface area contributed by atoms with Crippen LogP contribution in [-0.4, -0.2) is 30.2 Å². The second-order valence-corrected chi connectivity index (χ2v) is 8.49. The molecule has 2 heterocycles. The van der Waals surface area contributed by atoms with Crippen molar-refractivity contribution in [2.24, 2.45) is 0 Å². The van der Waals surface area contributed by atoms with E-state index in [9.17, 15) is 0 Å². The molecular formula is C27H28N6. The molecule has 0 atom stereocenters. The fraction of sp³-hybridized carbons (Fsp3) is 0.259. The highest BCUT2D eigenvalue weighted by Gasteiger charge is 2.14. The molecule has 0 fully saturated rings. The van der Waals surface area contributed by atoms with Crippen molar-refractivity contribution in [3.63, 3.8) is 0 Å². The highest BCUT2D eigenvalue weighted by atomic mass is 15.5. The number of aryl methyl sites for hydroxylation is 4. The topological polar surface area (TPSA) is 72.3 Å². The van der Waals surface area contributed by atoms with E-state index >= 15 is 0 Å². The molecule has 0 aliphatic carbocycles. The van der Waals surface area contributed by atoms with E-state index in [4.69, 9.17) is 4.98 Å². The van der Waals surface area contributed by atoms with E-state index in [1.54, 1.807) is 0 Å². The Labute approximate surface area is 193 Å². The zero-order valence-electron chi connectivity index (χ0n) is 19.1. The monoisotopic (exact) mass is 436 g/mol. The van der Waals surface area contributed by atoms with Gasteiger partial charge in [-0.2, -0.15) is 5.21 Å². The first kappa shape index (κ1) is 21.1. The van der Waals surface area contributed by atoms with Crippen molar-refractivity contribution in [3.05, 3.63) is 95.1 Å². The Morgan fingerprint density at radius 3 is 2.58 bits per heavy atom. The molecule has 2 aromatic heterocycles. The molecule has 0 aliphatic rings.